The van der Waals surface area contributed by atoms with Gasteiger partial charge in [-0.25, -0.2) is 8.42 Å². The van der Waals surface area contributed by atoms with Crippen LogP contribution >= 0.6 is 0 Å². The van der Waals surface area contributed by atoms with Gasteiger partial charge in [-0.1, -0.05) is 85.0 Å². The summed E-state index contributed by atoms with van der Waals surface area (Å²) in [5.41, 5.74) is 5.08. The number of sulfonamides is 1. The molecule has 7 nitrogen and oxygen atoms in total. The smallest absolute Gasteiger partial charge is 0.264 e. The second kappa shape index (κ2) is 13.6. The molecule has 0 heterocycles. The molecular formula is C34H43N3O4S. The van der Waals surface area contributed by atoms with Gasteiger partial charge in [-0.15, -0.1) is 0 Å². The lowest BCUT2D eigenvalue weighted by atomic mass is 10.1. The predicted molar refractivity (Wildman–Crippen MR) is 168 cm³/mol. The van der Waals surface area contributed by atoms with Crippen molar-refractivity contribution >= 4 is 27.5 Å². The molecular weight excluding hydrogens is 546 g/mol. The van der Waals surface area contributed by atoms with Gasteiger partial charge in [0.2, 0.25) is 11.8 Å². The standard InChI is InChI=1S/C34H43N3O4S/c1-6-31(34(39)35-29-9-7-8-10-29)36(22-28-16-11-24(2)12-17-28)33(38)23-37(32-20-15-26(4)21-27(32)5)42(40,41)30-18-13-25(3)14-19-30/h11-21,29,31H,6-10,22-23H2,1-5H3,(H,35,39)/t31-/m1/s1. The van der Waals surface area contributed by atoms with Crippen LogP contribution in [0.15, 0.2) is 71.6 Å². The van der Waals surface area contributed by atoms with E-state index in [9.17, 15) is 18.0 Å². The molecule has 1 atom stereocenters. The number of aryl methyl sites for hydroxylation is 4. The molecule has 3 aromatic carbocycles. The van der Waals surface area contributed by atoms with Gasteiger partial charge < -0.3 is 10.2 Å². The summed E-state index contributed by atoms with van der Waals surface area (Å²) in [5, 5.41) is 3.16. The lowest BCUT2D eigenvalue weighted by Gasteiger charge is -2.34. The third-order valence-electron chi connectivity index (χ3n) is 8.07. The van der Waals surface area contributed by atoms with Crippen molar-refractivity contribution < 1.29 is 18.0 Å². The van der Waals surface area contributed by atoms with E-state index in [1.54, 1.807) is 35.2 Å². The van der Waals surface area contributed by atoms with Crippen LogP contribution in [0.5, 0.6) is 0 Å². The normalized spacial score (nSPS) is 14.4. The van der Waals surface area contributed by atoms with Crippen LogP contribution < -0.4 is 9.62 Å². The molecule has 8 heteroatoms. The first-order valence-corrected chi connectivity index (χ1v) is 16.3. The summed E-state index contributed by atoms with van der Waals surface area (Å²) in [6.45, 7) is 9.33. The van der Waals surface area contributed by atoms with Gasteiger partial charge in [0.25, 0.3) is 10.0 Å². The van der Waals surface area contributed by atoms with Crippen molar-refractivity contribution in [1.29, 1.82) is 0 Å². The molecule has 0 unspecified atom stereocenters. The summed E-state index contributed by atoms with van der Waals surface area (Å²) < 4.78 is 29.4. The zero-order valence-corrected chi connectivity index (χ0v) is 26.2. The molecule has 0 aromatic heterocycles. The average molecular weight is 590 g/mol. The molecule has 0 spiro atoms. The molecule has 0 aliphatic heterocycles. The molecule has 1 saturated carbocycles. The van der Waals surface area contributed by atoms with Crippen molar-refractivity contribution in [3.8, 4) is 0 Å². The molecule has 1 aliphatic rings. The monoisotopic (exact) mass is 589 g/mol. The predicted octanol–water partition coefficient (Wildman–Crippen LogP) is 5.98. The number of anilines is 1. The van der Waals surface area contributed by atoms with Crippen molar-refractivity contribution in [2.24, 2.45) is 0 Å². The molecule has 4 rings (SSSR count). The maximum Gasteiger partial charge on any atom is 0.264 e. The van der Waals surface area contributed by atoms with Crippen LogP contribution in [0.3, 0.4) is 0 Å². The first-order chi connectivity index (χ1) is 20.0. The summed E-state index contributed by atoms with van der Waals surface area (Å²) >= 11 is 0. The Morgan fingerprint density at radius 1 is 0.857 bits per heavy atom. The fourth-order valence-electron chi connectivity index (χ4n) is 5.61. The van der Waals surface area contributed by atoms with Crippen molar-refractivity contribution in [3.63, 3.8) is 0 Å². The van der Waals surface area contributed by atoms with Gasteiger partial charge in [-0.3, -0.25) is 13.9 Å². The largest absolute Gasteiger partial charge is 0.352 e. The Kier molecular flexibility index (Phi) is 10.1. The van der Waals surface area contributed by atoms with E-state index in [4.69, 9.17) is 0 Å². The first-order valence-electron chi connectivity index (χ1n) is 14.8. The van der Waals surface area contributed by atoms with Gasteiger partial charge >= 0.3 is 0 Å². The number of nitrogens with zero attached hydrogens (tertiary/aromatic N) is 2. The Balaban J connectivity index is 1.73. The van der Waals surface area contributed by atoms with E-state index in [0.717, 1.165) is 53.5 Å². The van der Waals surface area contributed by atoms with Crippen LogP contribution in [-0.2, 0) is 26.2 Å². The zero-order chi connectivity index (χ0) is 30.4. The maximum absolute atomic E-state index is 14.3. The van der Waals surface area contributed by atoms with Crippen LogP contribution in [0.2, 0.25) is 0 Å². The lowest BCUT2D eigenvalue weighted by molar-refractivity contribution is -0.140. The first kappa shape index (κ1) is 31.3. The number of hydrogen-bond donors (Lipinski definition) is 1. The molecule has 0 bridgehead atoms. The van der Waals surface area contributed by atoms with Crippen LogP contribution in [-0.4, -0.2) is 43.8 Å². The lowest BCUT2D eigenvalue weighted by Crippen LogP contribution is -2.53. The molecule has 2 amide bonds. The SMILES string of the molecule is CC[C@H](C(=O)NC1CCCC1)N(Cc1ccc(C)cc1)C(=O)CN(c1ccc(C)cc1C)S(=O)(=O)c1ccc(C)cc1. The summed E-state index contributed by atoms with van der Waals surface area (Å²) in [6, 6.07) is 19.4. The Morgan fingerprint density at radius 2 is 1.43 bits per heavy atom. The Morgan fingerprint density at radius 3 is 2.00 bits per heavy atom. The highest BCUT2D eigenvalue weighted by Gasteiger charge is 2.35. The summed E-state index contributed by atoms with van der Waals surface area (Å²) in [4.78, 5) is 29.5. The molecule has 1 fully saturated rings. The van der Waals surface area contributed by atoms with E-state index < -0.39 is 28.5 Å². The number of carbonyl (C=O) groups is 2. The fourth-order valence-corrected chi connectivity index (χ4v) is 7.09. The van der Waals surface area contributed by atoms with Gasteiger partial charge in [-0.2, -0.15) is 0 Å². The summed E-state index contributed by atoms with van der Waals surface area (Å²) in [7, 11) is -4.10. The molecule has 1 N–H and O–H groups in total. The second-order valence-electron chi connectivity index (χ2n) is 11.5. The van der Waals surface area contributed by atoms with E-state index >= 15 is 0 Å². The van der Waals surface area contributed by atoms with Crippen molar-refractivity contribution in [2.75, 3.05) is 10.8 Å². The van der Waals surface area contributed by atoms with E-state index in [1.807, 2.05) is 71.0 Å². The van der Waals surface area contributed by atoms with Gasteiger partial charge in [0, 0.05) is 12.6 Å². The minimum absolute atomic E-state index is 0.108. The maximum atomic E-state index is 14.3. The third kappa shape index (κ3) is 7.40. The zero-order valence-electron chi connectivity index (χ0n) is 25.4. The highest BCUT2D eigenvalue weighted by atomic mass is 32.2. The molecule has 3 aromatic rings. The molecule has 0 radical (unpaired) electrons. The number of nitrogens with one attached hydrogen (secondary N) is 1. The van der Waals surface area contributed by atoms with Gasteiger partial charge in [0.05, 0.1) is 10.6 Å². The molecule has 0 saturated heterocycles. The average Bonchev–Trinajstić information content (AvgIpc) is 3.46. The van der Waals surface area contributed by atoms with Crippen LogP contribution in [0.4, 0.5) is 5.69 Å². The quantitative estimate of drug-likeness (QED) is 0.298. The van der Waals surface area contributed by atoms with E-state index in [1.165, 1.54) is 4.31 Å². The van der Waals surface area contributed by atoms with Gasteiger partial charge in [0.1, 0.15) is 12.6 Å². The molecule has 224 valence electrons. The second-order valence-corrected chi connectivity index (χ2v) is 13.4. The number of amides is 2. The van der Waals surface area contributed by atoms with Crippen LogP contribution in [0, 0.1) is 27.7 Å². The van der Waals surface area contributed by atoms with Gasteiger partial charge in [-0.05, 0) is 76.3 Å². The summed E-state index contributed by atoms with van der Waals surface area (Å²) in [6.07, 6.45) is 4.43. The Labute approximate surface area is 251 Å². The Hall–Kier alpha value is -3.65. The van der Waals surface area contributed by atoms with E-state index in [0.29, 0.717) is 12.1 Å². The van der Waals surface area contributed by atoms with Crippen LogP contribution in [0.1, 0.15) is 66.8 Å². The number of rotatable bonds is 11. The van der Waals surface area contributed by atoms with Crippen molar-refractivity contribution in [2.45, 2.75) is 90.2 Å². The molecule has 1 aliphatic carbocycles. The van der Waals surface area contributed by atoms with Crippen LogP contribution in [0.25, 0.3) is 0 Å². The van der Waals surface area contributed by atoms with Crippen molar-refractivity contribution in [3.05, 3.63) is 94.5 Å². The van der Waals surface area contributed by atoms with E-state index in [-0.39, 0.29) is 23.4 Å². The summed E-state index contributed by atoms with van der Waals surface area (Å²) in [5.74, 6) is -0.621. The minimum Gasteiger partial charge on any atom is -0.352 e. The number of hydrogen-bond acceptors (Lipinski definition) is 4. The fraction of sp³-hybridized carbons (Fsp3) is 0.412. The van der Waals surface area contributed by atoms with E-state index in [2.05, 4.69) is 5.32 Å². The highest BCUT2D eigenvalue weighted by molar-refractivity contribution is 7.92. The Bertz CT molecular complexity index is 1490. The minimum atomic E-state index is -4.10. The number of benzene rings is 3. The highest BCUT2D eigenvalue weighted by Crippen LogP contribution is 2.29. The van der Waals surface area contributed by atoms with Gasteiger partial charge in [0.15, 0.2) is 0 Å². The number of carbonyl (C=O) groups excluding carboxylic acids is 2. The molecule has 42 heavy (non-hydrogen) atoms. The third-order valence-corrected chi connectivity index (χ3v) is 9.84. The van der Waals surface area contributed by atoms with Crippen molar-refractivity contribution in [1.82, 2.24) is 10.2 Å². The topological polar surface area (TPSA) is 86.8 Å².